The van der Waals surface area contributed by atoms with Crippen molar-refractivity contribution in [1.29, 1.82) is 0 Å². The van der Waals surface area contributed by atoms with Crippen molar-refractivity contribution in [1.82, 2.24) is 14.7 Å². The number of anilines is 5. The number of carbonyl (C=O) groups is 5. The van der Waals surface area contributed by atoms with Crippen LogP contribution in [0.25, 0.3) is 11.1 Å². The number of benzene rings is 10. The molecule has 0 unspecified atom stereocenters. The number of nitrogens with two attached hydrogens (primary N) is 3. The second kappa shape index (κ2) is 36.5. The van der Waals surface area contributed by atoms with Crippen molar-refractivity contribution in [2.45, 2.75) is 116 Å². The van der Waals surface area contributed by atoms with Crippen LogP contribution in [0.3, 0.4) is 0 Å². The molecule has 3 aliphatic heterocycles. The maximum atomic E-state index is 13.0. The van der Waals surface area contributed by atoms with Gasteiger partial charge in [0, 0.05) is 110 Å². The first kappa shape index (κ1) is 78.0. The van der Waals surface area contributed by atoms with Crippen LogP contribution in [0.5, 0.6) is 11.5 Å². The molecule has 10 aromatic carbocycles. The van der Waals surface area contributed by atoms with Crippen molar-refractivity contribution >= 4 is 128 Å². The maximum absolute atomic E-state index is 13.0. The fourth-order valence-electron chi connectivity index (χ4n) is 13.6. The molecule has 0 aromatic heterocycles. The summed E-state index contributed by atoms with van der Waals surface area (Å²) in [5.74, 6) is 1.73. The Morgan fingerprint density at radius 1 is 0.389 bits per heavy atom. The number of amides is 7. The highest BCUT2D eigenvalue weighted by Crippen LogP contribution is 2.34. The lowest BCUT2D eigenvalue weighted by Gasteiger charge is -2.22. The molecule has 556 valence electrons. The highest BCUT2D eigenvalue weighted by molar-refractivity contribution is 6.36. The van der Waals surface area contributed by atoms with Gasteiger partial charge in [0.25, 0.3) is 0 Å². The van der Waals surface area contributed by atoms with Crippen LogP contribution in [0.1, 0.15) is 87.7 Å². The normalized spacial score (nSPS) is 14.3. The van der Waals surface area contributed by atoms with Gasteiger partial charge in [-0.3, -0.25) is 14.4 Å². The minimum Gasteiger partial charge on any atom is -0.457 e. The van der Waals surface area contributed by atoms with Gasteiger partial charge in [0.15, 0.2) is 0 Å². The van der Waals surface area contributed by atoms with Crippen LogP contribution >= 0.6 is 69.6 Å². The minimum atomic E-state index is -0.733. The van der Waals surface area contributed by atoms with E-state index >= 15 is 0 Å². The average Bonchev–Trinajstić information content (AvgIpc) is 1.67. The third-order valence-electron chi connectivity index (χ3n) is 19.5. The quantitative estimate of drug-likeness (QED) is 0.0381. The van der Waals surface area contributed by atoms with Crippen molar-refractivity contribution in [3.05, 3.63) is 298 Å². The van der Waals surface area contributed by atoms with Gasteiger partial charge in [0.05, 0.1) is 18.1 Å². The van der Waals surface area contributed by atoms with Crippen molar-refractivity contribution < 1.29 is 28.7 Å². The SMILES string of the molecule is Cc1ccc(-c2ccc(NC(=O)Nc3ccc4c(c3)CN(C(=O)[C@H](N)Cc3ccc(Cl)cc3Cl)C4)cc2)cc1.N[C@H](Cc1ccc(Cl)cc1Cl)C(=O)N1Cc2ccc(NC(=O)Nc3cccc(Oc4ccccc4)c3)cc2C1.N[C@H](Cc1ccc(Cl)cc1Cl)C(=O)N1Cc2ccc(NCC3CCCCC3)cc2C1. The van der Waals surface area contributed by atoms with Crippen LogP contribution in [0, 0.1) is 12.8 Å². The lowest BCUT2D eigenvalue weighted by molar-refractivity contribution is -0.133. The minimum absolute atomic E-state index is 0.0473. The lowest BCUT2D eigenvalue weighted by Crippen LogP contribution is -2.42. The summed E-state index contributed by atoms with van der Waals surface area (Å²) in [6, 6.07) is 63.1. The summed E-state index contributed by atoms with van der Waals surface area (Å²) >= 11 is 36.6. The summed E-state index contributed by atoms with van der Waals surface area (Å²) in [7, 11) is 0. The molecule has 108 heavy (non-hydrogen) atoms. The van der Waals surface area contributed by atoms with Gasteiger partial charge in [-0.05, 0) is 215 Å². The van der Waals surface area contributed by atoms with E-state index in [0.29, 0.717) is 123 Å². The molecule has 1 fully saturated rings. The zero-order valence-corrected chi connectivity index (χ0v) is 63.9. The summed E-state index contributed by atoms with van der Waals surface area (Å²) in [6.45, 7) is 6.07. The largest absolute Gasteiger partial charge is 0.457 e. The van der Waals surface area contributed by atoms with E-state index in [9.17, 15) is 24.0 Å². The molecule has 14 rings (SSSR count). The summed E-state index contributed by atoms with van der Waals surface area (Å²) in [5.41, 5.74) is 34.6. The highest BCUT2D eigenvalue weighted by Gasteiger charge is 2.32. The molecule has 3 heterocycles. The zero-order valence-electron chi connectivity index (χ0n) is 59.4. The predicted molar refractivity (Wildman–Crippen MR) is 436 cm³/mol. The van der Waals surface area contributed by atoms with Crippen LogP contribution in [0.4, 0.5) is 38.0 Å². The van der Waals surface area contributed by atoms with Gasteiger partial charge >= 0.3 is 12.1 Å². The summed E-state index contributed by atoms with van der Waals surface area (Å²) in [5, 5.41) is 18.2. The molecule has 1 aliphatic carbocycles. The lowest BCUT2D eigenvalue weighted by atomic mass is 9.89. The van der Waals surface area contributed by atoms with Crippen LogP contribution in [-0.4, -0.2) is 69.2 Å². The molecule has 3 atom stereocenters. The second-order valence-electron chi connectivity index (χ2n) is 27.6. The number of carbonyl (C=O) groups excluding carboxylic acids is 5. The molecular formula is C85H83Cl6N11O6. The van der Waals surface area contributed by atoms with Crippen LogP contribution < -0.4 is 48.5 Å². The number of aryl methyl sites for hydroxylation is 1. The molecule has 7 amide bonds. The highest BCUT2D eigenvalue weighted by atomic mass is 35.5. The van der Waals surface area contributed by atoms with Crippen molar-refractivity contribution in [3.8, 4) is 22.6 Å². The number of nitrogens with zero attached hydrogens (tertiary/aromatic N) is 3. The monoisotopic (exact) mass is 1560 g/mol. The van der Waals surface area contributed by atoms with E-state index in [0.717, 1.165) is 68.2 Å². The van der Waals surface area contributed by atoms with Gasteiger partial charge in [0.2, 0.25) is 17.7 Å². The molecule has 0 saturated heterocycles. The van der Waals surface area contributed by atoms with Gasteiger partial charge in [-0.15, -0.1) is 0 Å². The maximum Gasteiger partial charge on any atom is 0.323 e. The molecule has 11 N–H and O–H groups in total. The molecule has 10 aromatic rings. The van der Waals surface area contributed by atoms with E-state index in [2.05, 4.69) is 76.0 Å². The van der Waals surface area contributed by atoms with E-state index in [1.165, 1.54) is 48.8 Å². The van der Waals surface area contributed by atoms with E-state index in [1.54, 1.807) is 76.5 Å². The number of ether oxygens (including phenoxy) is 1. The number of rotatable bonds is 19. The predicted octanol–water partition coefficient (Wildman–Crippen LogP) is 19.3. The van der Waals surface area contributed by atoms with Gasteiger partial charge < -0.3 is 63.2 Å². The summed E-state index contributed by atoms with van der Waals surface area (Å²) in [6.07, 6.45) is 7.78. The molecule has 17 nitrogen and oxygen atoms in total. The first-order valence-corrected chi connectivity index (χ1v) is 38.1. The Balaban J connectivity index is 0.000000153. The first-order chi connectivity index (χ1) is 52.1. The third kappa shape index (κ3) is 21.2. The standard InChI is InChI=1S/C31H28Cl2N4O2.C30H26Cl2N4O3.C24H29Cl2N3O/c1-19-2-4-20(5-3-19)21-7-11-26(12-8-21)35-31(39)36-27-13-9-23-17-37(18-24(23)14-27)30(38)29(34)15-22-6-10-25(32)16-28(22)33;31-22-11-9-19(27(32)15-22)14-28(33)29(37)36-17-20-10-12-24(13-21(20)18-36)35-30(38)34-23-5-4-8-26(16-23)39-25-6-2-1-3-7-25;25-20-8-6-17(22(26)12-20)11-23(27)24(30)29-14-18-7-9-21(10-19(18)15-29)28-13-16-4-2-1-3-5-16/h2-14,16,29H,15,17-18,34H2,1H3,(H2,35,36,39);1-13,15-16,28H,14,17-18,33H2,(H2,34,35,38);6-10,12,16,23,28H,1-5,11,13-15,27H2/t29-;28-;23-/m111/s1. The number of fused-ring (bicyclic) bond motifs is 3. The van der Waals surface area contributed by atoms with Gasteiger partial charge in [-0.1, -0.05) is 191 Å². The van der Waals surface area contributed by atoms with Gasteiger partial charge in [0.1, 0.15) is 11.5 Å². The van der Waals surface area contributed by atoms with E-state index in [4.69, 9.17) is 91.5 Å². The summed E-state index contributed by atoms with van der Waals surface area (Å²) in [4.78, 5) is 69.6. The molecular weight excluding hydrogens is 1480 g/mol. The topological polar surface area (TPSA) is 243 Å². The number of urea groups is 2. The molecule has 1 saturated carbocycles. The van der Waals surface area contributed by atoms with Crippen LogP contribution in [0.15, 0.2) is 212 Å². The Bertz CT molecular complexity index is 4900. The number of hydrogen-bond donors (Lipinski definition) is 8. The van der Waals surface area contributed by atoms with E-state index in [1.807, 2.05) is 108 Å². The number of para-hydroxylation sites is 1. The Kier molecular flexibility index (Phi) is 26.4. The van der Waals surface area contributed by atoms with Gasteiger partial charge in [-0.25, -0.2) is 9.59 Å². The number of hydrogen-bond acceptors (Lipinski definition) is 10. The second-order valence-corrected chi connectivity index (χ2v) is 30.1. The van der Waals surface area contributed by atoms with Crippen molar-refractivity contribution in [3.63, 3.8) is 0 Å². The van der Waals surface area contributed by atoms with E-state index < -0.39 is 18.1 Å². The fraction of sp³-hybridized carbons (Fsp3) is 0.235. The molecule has 23 heteroatoms. The zero-order chi connectivity index (χ0) is 76.0. The molecule has 0 bridgehead atoms. The summed E-state index contributed by atoms with van der Waals surface area (Å²) < 4.78 is 5.83. The molecule has 0 radical (unpaired) electrons. The third-order valence-corrected chi connectivity index (χ3v) is 21.2. The van der Waals surface area contributed by atoms with Crippen molar-refractivity contribution in [2.24, 2.45) is 23.1 Å². The van der Waals surface area contributed by atoms with Crippen molar-refractivity contribution in [2.75, 3.05) is 33.1 Å². The Morgan fingerprint density at radius 2 is 0.759 bits per heavy atom. The van der Waals surface area contributed by atoms with E-state index in [-0.39, 0.29) is 29.8 Å². The van der Waals surface area contributed by atoms with Crippen LogP contribution in [-0.2, 0) is 72.9 Å². The molecule has 0 spiro atoms. The first-order valence-electron chi connectivity index (χ1n) is 35.8. The van der Waals surface area contributed by atoms with Crippen LogP contribution in [0.2, 0.25) is 30.1 Å². The smallest absolute Gasteiger partial charge is 0.323 e. The Labute approximate surface area is 659 Å². The molecule has 4 aliphatic rings. The Morgan fingerprint density at radius 3 is 1.19 bits per heavy atom. The number of halogens is 6. The van der Waals surface area contributed by atoms with Gasteiger partial charge in [-0.2, -0.15) is 0 Å². The fourth-order valence-corrected chi connectivity index (χ4v) is 15.1. The number of nitrogens with one attached hydrogen (secondary N) is 5. The Hall–Kier alpha value is -9.63. The average molecular weight is 1570 g/mol.